The van der Waals surface area contributed by atoms with E-state index < -0.39 is 0 Å². The third-order valence-electron chi connectivity index (χ3n) is 17.1. The van der Waals surface area contributed by atoms with Crippen molar-refractivity contribution in [3.8, 4) is 34.4 Å². The number of hydrogen-bond donors (Lipinski definition) is 0. The van der Waals surface area contributed by atoms with Crippen LogP contribution in [0, 0.1) is 50.4 Å². The molecule has 0 N–H and O–H groups in total. The summed E-state index contributed by atoms with van der Waals surface area (Å²) in [4.78, 5) is 0. The summed E-state index contributed by atoms with van der Waals surface area (Å²) in [5.74, 6) is 0. The van der Waals surface area contributed by atoms with Crippen molar-refractivity contribution in [1.29, 1.82) is 10.5 Å². The van der Waals surface area contributed by atoms with E-state index in [0.717, 1.165) is 36.8 Å². The van der Waals surface area contributed by atoms with E-state index >= 15 is 0 Å². The van der Waals surface area contributed by atoms with Gasteiger partial charge in [0.05, 0.1) is 35.8 Å². The Balaban J connectivity index is 0.000000146. The van der Waals surface area contributed by atoms with Crippen LogP contribution in [-0.2, 0) is 49.4 Å². The highest BCUT2D eigenvalue weighted by Crippen LogP contribution is 2.61. The zero-order valence-electron chi connectivity index (χ0n) is 43.8. The number of rotatable bonds is 6. The molecule has 4 aliphatic rings. The molecule has 0 saturated heterocycles. The Bertz CT molecular complexity index is 3960. The van der Waals surface area contributed by atoms with Gasteiger partial charge in [-0.1, -0.05) is 222 Å². The molecule has 0 fully saturated rings. The molecule has 0 aliphatic heterocycles. The van der Waals surface area contributed by atoms with Crippen LogP contribution in [-0.4, -0.2) is 0 Å². The molecule has 0 aromatic heterocycles. The van der Waals surface area contributed by atoms with Crippen molar-refractivity contribution in [2.45, 2.75) is 77.0 Å². The molecule has 0 heterocycles. The van der Waals surface area contributed by atoms with Crippen molar-refractivity contribution in [1.82, 2.24) is 0 Å². The SMILES string of the molecule is Cc1cc(C)cc(Cc2cc3c(cc2CC#N)-c2ccccc2C32c3ccccc3Cc3ccccc32)c1.Cc1cc(C)cc(Cc2cc3c(cc2CC#N)C2(c4ccccc4Cc4ccccc42)c2ccccc2-3)c1. The Kier molecular flexibility index (Phi) is 11.4. The number of fused-ring (bicyclic) bond motifs is 18. The smallest absolute Gasteiger partial charge is 0.0719 e. The molecule has 0 saturated carbocycles. The van der Waals surface area contributed by atoms with E-state index in [1.54, 1.807) is 0 Å². The Labute approximate surface area is 448 Å². The molecule has 0 amide bonds. The van der Waals surface area contributed by atoms with Gasteiger partial charge in [-0.05, 0) is 182 Å². The third-order valence-corrected chi connectivity index (χ3v) is 17.1. The number of hydrogen-bond acceptors (Lipinski definition) is 2. The zero-order chi connectivity index (χ0) is 51.7. The highest BCUT2D eigenvalue weighted by atomic mass is 14.5. The van der Waals surface area contributed by atoms with Gasteiger partial charge in [0.2, 0.25) is 0 Å². The summed E-state index contributed by atoms with van der Waals surface area (Å²) in [5, 5.41) is 19.7. The fourth-order valence-electron chi connectivity index (χ4n) is 14.5. The van der Waals surface area contributed by atoms with Gasteiger partial charge >= 0.3 is 0 Å². The summed E-state index contributed by atoms with van der Waals surface area (Å²) >= 11 is 0. The average Bonchev–Trinajstić information content (AvgIpc) is 4.01. The first-order chi connectivity index (χ1) is 37.2. The molecule has 2 spiro atoms. The highest BCUT2D eigenvalue weighted by Gasteiger charge is 2.51. The van der Waals surface area contributed by atoms with Gasteiger partial charge in [-0.3, -0.25) is 0 Å². The average molecular weight is 975 g/mol. The maximum Gasteiger partial charge on any atom is 0.0719 e. The maximum atomic E-state index is 9.89. The fourth-order valence-corrected chi connectivity index (χ4v) is 14.5. The Morgan fingerprint density at radius 1 is 0.316 bits per heavy atom. The van der Waals surface area contributed by atoms with Crippen molar-refractivity contribution in [3.63, 3.8) is 0 Å². The molecule has 0 bridgehead atoms. The predicted octanol–water partition coefficient (Wildman–Crippen LogP) is 16.5. The van der Waals surface area contributed by atoms with Crippen LogP contribution in [0.3, 0.4) is 0 Å². The Morgan fingerprint density at radius 3 is 1.00 bits per heavy atom. The second-order valence-electron chi connectivity index (χ2n) is 21.9. The summed E-state index contributed by atoms with van der Waals surface area (Å²) in [6, 6.07) is 81.8. The summed E-state index contributed by atoms with van der Waals surface area (Å²) in [7, 11) is 0. The molecule has 76 heavy (non-hydrogen) atoms. The van der Waals surface area contributed by atoms with Crippen LogP contribution in [0.1, 0.15) is 122 Å². The van der Waals surface area contributed by atoms with E-state index in [2.05, 4.69) is 246 Å². The van der Waals surface area contributed by atoms with Gasteiger partial charge < -0.3 is 0 Å². The van der Waals surface area contributed by atoms with Gasteiger partial charge in [-0.15, -0.1) is 0 Å². The van der Waals surface area contributed by atoms with E-state index in [1.165, 1.54) is 134 Å². The molecule has 10 aromatic rings. The molecule has 14 rings (SSSR count). The number of aryl methyl sites for hydroxylation is 4. The van der Waals surface area contributed by atoms with Crippen LogP contribution in [0.2, 0.25) is 0 Å². The molecule has 2 nitrogen and oxygen atoms in total. The topological polar surface area (TPSA) is 47.6 Å². The molecule has 2 heteroatoms. The van der Waals surface area contributed by atoms with E-state index in [1.807, 2.05) is 0 Å². The van der Waals surface area contributed by atoms with Gasteiger partial charge in [0.1, 0.15) is 0 Å². The van der Waals surface area contributed by atoms with E-state index in [-0.39, 0.29) is 10.8 Å². The molecule has 0 atom stereocenters. The third kappa shape index (κ3) is 7.35. The van der Waals surface area contributed by atoms with E-state index in [0.29, 0.717) is 12.8 Å². The lowest BCUT2D eigenvalue weighted by atomic mass is 9.61. The first kappa shape index (κ1) is 46.9. The number of benzene rings is 10. The minimum absolute atomic E-state index is 0.361. The van der Waals surface area contributed by atoms with Crippen molar-refractivity contribution in [3.05, 3.63) is 329 Å². The summed E-state index contributed by atoms with van der Waals surface area (Å²) in [5.41, 5.74) is 33.3. The fraction of sp³-hybridized carbons (Fsp3) is 0.162. The minimum atomic E-state index is -0.375. The molecule has 364 valence electrons. The van der Waals surface area contributed by atoms with Crippen molar-refractivity contribution >= 4 is 0 Å². The van der Waals surface area contributed by atoms with Crippen LogP contribution in [0.4, 0.5) is 0 Å². The normalized spacial score (nSPS) is 13.8. The molecule has 0 radical (unpaired) electrons. The van der Waals surface area contributed by atoms with Gasteiger partial charge in [0, 0.05) is 0 Å². The molecule has 0 unspecified atom stereocenters. The van der Waals surface area contributed by atoms with Crippen molar-refractivity contribution in [2.75, 3.05) is 0 Å². The second kappa shape index (κ2) is 18.5. The van der Waals surface area contributed by atoms with Gasteiger partial charge in [0.15, 0.2) is 0 Å². The maximum absolute atomic E-state index is 9.89. The lowest BCUT2D eigenvalue weighted by Crippen LogP contribution is -2.34. The molecular weight excluding hydrogens is 917 g/mol. The Hall–Kier alpha value is -8.82. The van der Waals surface area contributed by atoms with Crippen LogP contribution in [0.15, 0.2) is 206 Å². The molecule has 10 aromatic carbocycles. The van der Waals surface area contributed by atoms with E-state index in [9.17, 15) is 10.5 Å². The number of nitrogens with zero attached hydrogens (tertiary/aromatic N) is 2. The van der Waals surface area contributed by atoms with E-state index in [4.69, 9.17) is 0 Å². The minimum Gasteiger partial charge on any atom is -0.198 e. The summed E-state index contributed by atoms with van der Waals surface area (Å²) in [6.07, 6.45) is 4.37. The van der Waals surface area contributed by atoms with Crippen LogP contribution in [0.25, 0.3) is 22.3 Å². The highest BCUT2D eigenvalue weighted by molar-refractivity contribution is 5.90. The first-order valence-electron chi connectivity index (χ1n) is 26.9. The Morgan fingerprint density at radius 2 is 0.618 bits per heavy atom. The molecule has 4 aliphatic carbocycles. The van der Waals surface area contributed by atoms with Crippen molar-refractivity contribution in [2.24, 2.45) is 0 Å². The molecular formula is C74H58N2. The summed E-state index contributed by atoms with van der Waals surface area (Å²) < 4.78 is 0. The lowest BCUT2D eigenvalue weighted by Gasteiger charge is -2.40. The largest absolute Gasteiger partial charge is 0.198 e. The van der Waals surface area contributed by atoms with Crippen molar-refractivity contribution < 1.29 is 0 Å². The second-order valence-corrected chi connectivity index (χ2v) is 21.9. The van der Waals surface area contributed by atoms with Crippen LogP contribution >= 0.6 is 0 Å². The quantitative estimate of drug-likeness (QED) is 0.167. The summed E-state index contributed by atoms with van der Waals surface area (Å²) in [6.45, 7) is 8.65. The van der Waals surface area contributed by atoms with Gasteiger partial charge in [-0.2, -0.15) is 10.5 Å². The van der Waals surface area contributed by atoms with Gasteiger partial charge in [0.25, 0.3) is 0 Å². The van der Waals surface area contributed by atoms with Crippen LogP contribution in [0.5, 0.6) is 0 Å². The lowest BCUT2D eigenvalue weighted by molar-refractivity contribution is 0.720. The predicted molar refractivity (Wildman–Crippen MR) is 309 cm³/mol. The first-order valence-corrected chi connectivity index (χ1v) is 26.9. The number of nitriles is 2. The zero-order valence-corrected chi connectivity index (χ0v) is 43.8. The van der Waals surface area contributed by atoms with Crippen LogP contribution < -0.4 is 0 Å². The standard InChI is InChI=1S/2C37H29N/c1-24-17-25(2)19-26(18-24)20-30-22-32-31-11-5-8-14-35(31)37(36(32)23-27(30)15-16-38)33-12-6-3-9-28(33)21-29-10-4-7-13-34(29)37;1-24-17-25(2)19-26(18-24)20-30-23-36-32(22-27(30)15-16-38)31-11-5-8-14-35(31)37(36)33-12-6-3-9-28(33)21-29-10-4-7-13-34(29)37/h2*3-14,17-19,22-23H,15,20-21H2,1-2H3. The van der Waals surface area contributed by atoms with Gasteiger partial charge in [-0.25, -0.2) is 0 Å². The monoisotopic (exact) mass is 974 g/mol.